The molecule has 0 aromatic rings. The average molecular weight is 437 g/mol. The Labute approximate surface area is 175 Å². The normalized spacial score (nSPS) is 20.2. The third-order valence-corrected chi connectivity index (χ3v) is 5.60. The van der Waals surface area contributed by atoms with Gasteiger partial charge in [0.1, 0.15) is 6.04 Å². The molecule has 0 bridgehead atoms. The van der Waals surface area contributed by atoms with Crippen LogP contribution < -0.4 is 10.6 Å². The summed E-state index contributed by atoms with van der Waals surface area (Å²) < 4.78 is 0. The summed E-state index contributed by atoms with van der Waals surface area (Å²) in [6, 6.07) is -1.76. The van der Waals surface area contributed by atoms with Crippen LogP contribution in [0.4, 0.5) is 4.79 Å². The van der Waals surface area contributed by atoms with Gasteiger partial charge >= 0.3 is 6.03 Å². The molecule has 28 heavy (non-hydrogen) atoms. The highest BCUT2D eigenvalue weighted by atomic mass is 35.5. The molecule has 1 unspecified atom stereocenters. The highest BCUT2D eigenvalue weighted by Gasteiger charge is 2.41. The van der Waals surface area contributed by atoms with Crippen molar-refractivity contribution in [2.75, 3.05) is 24.4 Å². The second-order valence-electron chi connectivity index (χ2n) is 8.21. The molecule has 3 amide bonds. The number of hydrogen-bond acceptors (Lipinski definition) is 7. The molecular formula is C17H31ClN5O4S-. The van der Waals surface area contributed by atoms with Gasteiger partial charge in [-0.2, -0.15) is 16.8 Å². The van der Waals surface area contributed by atoms with E-state index in [0.29, 0.717) is 30.0 Å². The first-order chi connectivity index (χ1) is 13.0. The molecule has 9 nitrogen and oxygen atoms in total. The molecule has 1 saturated heterocycles. The van der Waals surface area contributed by atoms with E-state index >= 15 is 0 Å². The smallest absolute Gasteiger partial charge is 0.341 e. The Hall–Kier alpha value is -1.10. The minimum Gasteiger partial charge on any atom is -0.784 e. The summed E-state index contributed by atoms with van der Waals surface area (Å²) in [7, 11) is 0. The van der Waals surface area contributed by atoms with Crippen LogP contribution >= 0.6 is 23.4 Å². The number of alkyl halides is 1. The molecule has 1 rings (SSSR count). The van der Waals surface area contributed by atoms with E-state index in [9.17, 15) is 19.7 Å². The van der Waals surface area contributed by atoms with Crippen molar-refractivity contribution < 1.29 is 9.59 Å². The molecular weight excluding hydrogens is 406 g/mol. The Kier molecular flexibility index (Phi) is 9.45. The predicted molar refractivity (Wildman–Crippen MR) is 113 cm³/mol. The van der Waals surface area contributed by atoms with E-state index in [1.165, 1.54) is 0 Å². The van der Waals surface area contributed by atoms with Crippen LogP contribution in [0, 0.1) is 10.1 Å². The number of carbonyl (C=O) groups excluding carboxylic acids is 2. The molecule has 1 fully saturated rings. The third-order valence-electron chi connectivity index (χ3n) is 4.79. The summed E-state index contributed by atoms with van der Waals surface area (Å²) in [4.78, 5) is 35.9. The van der Waals surface area contributed by atoms with Crippen LogP contribution in [0.2, 0.25) is 0 Å². The second-order valence-corrected chi connectivity index (χ2v) is 9.57. The lowest BCUT2D eigenvalue weighted by atomic mass is 9.79. The van der Waals surface area contributed by atoms with E-state index in [1.54, 1.807) is 11.8 Å². The number of nitrogens with zero attached hydrogens (tertiary/aromatic N) is 3. The van der Waals surface area contributed by atoms with Crippen molar-refractivity contribution in [1.29, 1.82) is 0 Å². The first-order valence-electron chi connectivity index (χ1n) is 9.22. The van der Waals surface area contributed by atoms with Gasteiger partial charge in [0.05, 0.1) is 11.8 Å². The lowest BCUT2D eigenvalue weighted by molar-refractivity contribution is -0.125. The number of urea groups is 1. The summed E-state index contributed by atoms with van der Waals surface area (Å²) in [5, 5.41) is 22.4. The van der Waals surface area contributed by atoms with Crippen molar-refractivity contribution in [3.8, 4) is 0 Å². The van der Waals surface area contributed by atoms with E-state index in [-0.39, 0.29) is 24.4 Å². The fourth-order valence-electron chi connectivity index (χ4n) is 3.65. The molecule has 2 N–H and O–H groups in total. The first-order valence-corrected chi connectivity index (χ1v) is 11.2. The molecule has 1 aliphatic rings. The van der Waals surface area contributed by atoms with E-state index in [0.717, 1.165) is 5.06 Å². The van der Waals surface area contributed by atoms with Crippen LogP contribution in [0.3, 0.4) is 0 Å². The SMILES string of the molecule is CSCCC(NC(=O)N(CCCl)N=O)C(=O)NC1CC(C)(C)N([O-])C(C)(C)C1. The third kappa shape index (κ3) is 6.75. The topological polar surface area (TPSA) is 117 Å². The molecule has 0 aromatic carbocycles. The van der Waals surface area contributed by atoms with Crippen LogP contribution in [0.15, 0.2) is 5.29 Å². The summed E-state index contributed by atoms with van der Waals surface area (Å²) >= 11 is 7.11. The number of nitroso groups, excluding NO2 is 1. The maximum atomic E-state index is 12.8. The molecule has 0 spiro atoms. The Morgan fingerprint density at radius 1 is 1.32 bits per heavy atom. The van der Waals surface area contributed by atoms with Crippen molar-refractivity contribution in [2.24, 2.45) is 5.29 Å². The molecule has 162 valence electrons. The zero-order valence-corrected chi connectivity index (χ0v) is 18.7. The Balaban J connectivity index is 2.84. The van der Waals surface area contributed by atoms with E-state index in [1.807, 2.05) is 34.0 Å². The van der Waals surface area contributed by atoms with Crippen molar-refractivity contribution in [3.63, 3.8) is 0 Å². The standard InChI is InChI=1S/C17H31ClN5O4S/c1-16(2)10-12(11-17(3,4)23(16)27)19-14(24)13(6-9-28-5)20-15(25)22(21-26)8-7-18/h12-13H,6-11H2,1-5H3,(H,19,24)(H,20,25)/q-1. The van der Waals surface area contributed by atoms with Gasteiger partial charge in [-0.05, 0) is 59.0 Å². The number of piperidine rings is 1. The molecule has 1 heterocycles. The van der Waals surface area contributed by atoms with Crippen molar-refractivity contribution in [3.05, 3.63) is 10.1 Å². The van der Waals surface area contributed by atoms with Gasteiger partial charge in [0.2, 0.25) is 5.91 Å². The number of hydrogen-bond donors (Lipinski definition) is 2. The van der Waals surface area contributed by atoms with Crippen LogP contribution in [0.1, 0.15) is 47.0 Å². The molecule has 11 heteroatoms. The number of hydroxylamine groups is 2. The van der Waals surface area contributed by atoms with E-state index < -0.39 is 23.2 Å². The van der Waals surface area contributed by atoms with Gasteiger partial charge < -0.3 is 20.9 Å². The van der Waals surface area contributed by atoms with Gasteiger partial charge in [0.15, 0.2) is 0 Å². The zero-order valence-electron chi connectivity index (χ0n) is 17.2. The number of carbonyl (C=O) groups is 2. The minimum atomic E-state index is -0.809. The molecule has 1 aliphatic heterocycles. The van der Waals surface area contributed by atoms with Crippen molar-refractivity contribution in [2.45, 2.75) is 70.1 Å². The van der Waals surface area contributed by atoms with Gasteiger partial charge in [-0.25, -0.2) is 4.79 Å². The summed E-state index contributed by atoms with van der Waals surface area (Å²) in [6.07, 6.45) is 3.31. The number of amides is 3. The summed E-state index contributed by atoms with van der Waals surface area (Å²) in [5.74, 6) is 0.368. The van der Waals surface area contributed by atoms with Gasteiger partial charge in [0.25, 0.3) is 0 Å². The molecule has 0 saturated carbocycles. The largest absolute Gasteiger partial charge is 0.784 e. The Morgan fingerprint density at radius 2 is 1.89 bits per heavy atom. The van der Waals surface area contributed by atoms with Crippen LogP contribution in [0.5, 0.6) is 0 Å². The van der Waals surface area contributed by atoms with Crippen LogP contribution in [0.25, 0.3) is 0 Å². The fraction of sp³-hybridized carbons (Fsp3) is 0.882. The van der Waals surface area contributed by atoms with Crippen molar-refractivity contribution in [1.82, 2.24) is 20.7 Å². The van der Waals surface area contributed by atoms with Gasteiger partial charge in [0, 0.05) is 23.0 Å². The maximum Gasteiger partial charge on any atom is 0.341 e. The highest BCUT2D eigenvalue weighted by Crippen LogP contribution is 2.37. The Bertz CT molecular complexity index is 546. The first kappa shape index (κ1) is 24.9. The lowest BCUT2D eigenvalue weighted by Crippen LogP contribution is -2.63. The van der Waals surface area contributed by atoms with Gasteiger partial charge in [-0.3, -0.25) is 4.79 Å². The zero-order chi connectivity index (χ0) is 21.5. The average Bonchev–Trinajstić information content (AvgIpc) is 2.60. The maximum absolute atomic E-state index is 12.8. The van der Waals surface area contributed by atoms with Crippen molar-refractivity contribution >= 4 is 35.3 Å². The monoisotopic (exact) mass is 436 g/mol. The van der Waals surface area contributed by atoms with Gasteiger partial charge in [-0.15, -0.1) is 16.5 Å². The molecule has 0 aromatic heterocycles. The fourth-order valence-corrected chi connectivity index (χ4v) is 4.29. The van der Waals surface area contributed by atoms with E-state index in [4.69, 9.17) is 11.6 Å². The quantitative estimate of drug-likeness (QED) is 0.326. The predicted octanol–water partition coefficient (Wildman–Crippen LogP) is 2.68. The van der Waals surface area contributed by atoms with Crippen LogP contribution in [-0.2, 0) is 4.79 Å². The second kappa shape index (κ2) is 10.6. The van der Waals surface area contributed by atoms with Gasteiger partial charge in [-0.1, -0.05) is 0 Å². The highest BCUT2D eigenvalue weighted by molar-refractivity contribution is 7.98. The van der Waals surface area contributed by atoms with E-state index in [2.05, 4.69) is 15.9 Å². The molecule has 0 aliphatic carbocycles. The molecule has 1 atom stereocenters. The number of rotatable bonds is 9. The minimum absolute atomic E-state index is 0.0436. The Morgan fingerprint density at radius 3 is 2.36 bits per heavy atom. The molecule has 0 radical (unpaired) electrons. The summed E-state index contributed by atoms with van der Waals surface area (Å²) in [5.41, 5.74) is -1.23. The number of halogens is 1. The number of nitrogens with one attached hydrogen (secondary N) is 2. The lowest BCUT2D eigenvalue weighted by Gasteiger charge is -2.60. The number of thioether (sulfide) groups is 1. The summed E-state index contributed by atoms with van der Waals surface area (Å²) in [6.45, 7) is 7.37. The van der Waals surface area contributed by atoms with Crippen LogP contribution in [-0.4, -0.2) is 69.6 Å².